The van der Waals surface area contributed by atoms with Gasteiger partial charge in [0.15, 0.2) is 0 Å². The molecular weight excluding hydrogens is 274 g/mol. The van der Waals surface area contributed by atoms with Crippen molar-refractivity contribution in [2.24, 2.45) is 0 Å². The van der Waals surface area contributed by atoms with Crippen LogP contribution in [-0.4, -0.2) is 29.3 Å². The summed E-state index contributed by atoms with van der Waals surface area (Å²) < 4.78 is 4.79. The summed E-state index contributed by atoms with van der Waals surface area (Å²) >= 11 is 0. The molecule has 0 spiro atoms. The van der Waals surface area contributed by atoms with E-state index in [4.69, 9.17) is 4.74 Å². The Balaban J connectivity index is 3.23. The number of carbonyl (C=O) groups is 2. The van der Waals surface area contributed by atoms with Crippen molar-refractivity contribution < 1.29 is 19.2 Å². The van der Waals surface area contributed by atoms with Crippen molar-refractivity contribution in [1.29, 1.82) is 0 Å². The van der Waals surface area contributed by atoms with Gasteiger partial charge in [-0.25, -0.2) is 4.79 Å². The zero-order chi connectivity index (χ0) is 16.0. The van der Waals surface area contributed by atoms with Crippen molar-refractivity contribution in [2.45, 2.75) is 39.2 Å². The van der Waals surface area contributed by atoms with E-state index in [1.54, 1.807) is 25.1 Å². The summed E-state index contributed by atoms with van der Waals surface area (Å²) in [7, 11) is 0. The summed E-state index contributed by atoms with van der Waals surface area (Å²) in [5.74, 6) is -1.94. The molecule has 6 nitrogen and oxygen atoms in total. The second-order valence-electron chi connectivity index (χ2n) is 4.91. The van der Waals surface area contributed by atoms with Crippen LogP contribution in [0.1, 0.15) is 37.3 Å². The van der Waals surface area contributed by atoms with Gasteiger partial charge in [-0.05, 0) is 26.3 Å². The Morgan fingerprint density at radius 1 is 1.38 bits per heavy atom. The number of aryl methyl sites for hydroxylation is 1. The van der Waals surface area contributed by atoms with Gasteiger partial charge in [-0.15, -0.1) is 0 Å². The smallest absolute Gasteiger partial charge is 0.382 e. The van der Waals surface area contributed by atoms with Crippen LogP contribution in [-0.2, 0) is 14.3 Å². The predicted molar refractivity (Wildman–Crippen MR) is 76.6 cm³/mol. The van der Waals surface area contributed by atoms with Gasteiger partial charge in [0.1, 0.15) is 5.78 Å². The van der Waals surface area contributed by atoms with Crippen molar-refractivity contribution >= 4 is 11.8 Å². The molecule has 0 saturated carbocycles. The number of hydrogen-bond donors (Lipinski definition) is 0. The fourth-order valence-corrected chi connectivity index (χ4v) is 2.25. The first-order valence-corrected chi connectivity index (χ1v) is 6.73. The summed E-state index contributed by atoms with van der Waals surface area (Å²) in [5.41, 5.74) is 1.51. The van der Waals surface area contributed by atoms with E-state index in [1.165, 1.54) is 6.92 Å². The predicted octanol–water partition coefficient (Wildman–Crippen LogP) is 2.27. The lowest BCUT2D eigenvalue weighted by atomic mass is 9.86. The molecule has 0 aliphatic carbocycles. The number of rotatable bonds is 7. The number of nitrogens with zero attached hydrogens (tertiary/aromatic N) is 1. The van der Waals surface area contributed by atoms with Gasteiger partial charge < -0.3 is 9.53 Å². The molecule has 0 fully saturated rings. The van der Waals surface area contributed by atoms with Gasteiger partial charge in [-0.3, -0.25) is 10.1 Å². The van der Waals surface area contributed by atoms with E-state index in [9.17, 15) is 19.7 Å². The first-order valence-electron chi connectivity index (χ1n) is 6.73. The maximum Gasteiger partial charge on any atom is 0.382 e. The van der Waals surface area contributed by atoms with Crippen molar-refractivity contribution in [2.75, 3.05) is 6.61 Å². The fourth-order valence-electron chi connectivity index (χ4n) is 2.25. The van der Waals surface area contributed by atoms with Crippen LogP contribution in [0.25, 0.3) is 0 Å². The Bertz CT molecular complexity index is 541. The molecule has 0 N–H and O–H groups in total. The van der Waals surface area contributed by atoms with Gasteiger partial charge >= 0.3 is 12.0 Å². The summed E-state index contributed by atoms with van der Waals surface area (Å²) in [6.07, 6.45) is -0.0755. The largest absolute Gasteiger partial charge is 0.461 e. The van der Waals surface area contributed by atoms with Crippen molar-refractivity contribution in [3.05, 3.63) is 45.5 Å². The summed E-state index contributed by atoms with van der Waals surface area (Å²) in [5, 5.41) is 11.3. The van der Waals surface area contributed by atoms with E-state index in [1.807, 2.05) is 13.0 Å². The van der Waals surface area contributed by atoms with Crippen LogP contribution >= 0.6 is 0 Å². The minimum atomic E-state index is -1.57. The van der Waals surface area contributed by atoms with E-state index >= 15 is 0 Å². The molecule has 1 rings (SSSR count). The van der Waals surface area contributed by atoms with Crippen LogP contribution in [0.2, 0.25) is 0 Å². The lowest BCUT2D eigenvalue weighted by molar-refractivity contribution is -0.514. The number of benzene rings is 1. The zero-order valence-electron chi connectivity index (χ0n) is 12.4. The van der Waals surface area contributed by atoms with Gasteiger partial charge in [0.2, 0.25) is 0 Å². The maximum atomic E-state index is 11.9. The molecule has 0 amide bonds. The van der Waals surface area contributed by atoms with E-state index in [0.29, 0.717) is 5.56 Å². The Labute approximate surface area is 123 Å². The molecule has 1 aromatic rings. The Morgan fingerprint density at radius 2 is 2.05 bits per heavy atom. The normalized spacial score (nSPS) is 13.3. The molecule has 0 saturated heterocycles. The lowest BCUT2D eigenvalue weighted by Gasteiger charge is -2.19. The SMILES string of the molecule is CCOC(=O)C([C@@H](CC(C)=O)c1cccc(C)c1)[N+](=O)[O-]. The minimum Gasteiger partial charge on any atom is -0.461 e. The molecule has 21 heavy (non-hydrogen) atoms. The Kier molecular flexibility index (Phi) is 6.02. The first kappa shape index (κ1) is 16.8. The van der Waals surface area contributed by atoms with Crippen LogP contribution in [0, 0.1) is 17.0 Å². The molecule has 0 radical (unpaired) electrons. The van der Waals surface area contributed by atoms with Crippen LogP contribution in [0.4, 0.5) is 0 Å². The standard InChI is InChI=1S/C15H19NO5/c1-4-21-15(18)14(16(19)20)13(9-11(3)17)12-7-5-6-10(2)8-12/h5-8,13-14H,4,9H2,1-3H3/t13-,14?/m0/s1. The molecule has 0 bridgehead atoms. The van der Waals surface area contributed by atoms with E-state index < -0.39 is 22.9 Å². The van der Waals surface area contributed by atoms with Crippen LogP contribution in [0.5, 0.6) is 0 Å². The Hall–Kier alpha value is -2.24. The van der Waals surface area contributed by atoms with Crippen molar-refractivity contribution in [3.8, 4) is 0 Å². The number of nitro groups is 1. The molecule has 0 aromatic heterocycles. The topological polar surface area (TPSA) is 86.5 Å². The number of ketones is 1. The molecule has 6 heteroatoms. The number of ether oxygens (including phenoxy) is 1. The maximum absolute atomic E-state index is 11.9. The van der Waals surface area contributed by atoms with Crippen LogP contribution in [0.3, 0.4) is 0 Å². The fraction of sp³-hybridized carbons (Fsp3) is 0.467. The number of hydrogen-bond acceptors (Lipinski definition) is 5. The molecule has 1 unspecified atom stereocenters. The highest BCUT2D eigenvalue weighted by Gasteiger charge is 2.41. The first-order chi connectivity index (χ1) is 9.86. The number of carbonyl (C=O) groups excluding carboxylic acids is 2. The summed E-state index contributed by atoms with van der Waals surface area (Å²) in [4.78, 5) is 34.0. The van der Waals surface area contributed by atoms with Crippen molar-refractivity contribution in [1.82, 2.24) is 0 Å². The highest BCUT2D eigenvalue weighted by atomic mass is 16.6. The Morgan fingerprint density at radius 3 is 2.52 bits per heavy atom. The number of Topliss-reactive ketones (excluding diaryl/α,β-unsaturated/α-hetero) is 1. The average molecular weight is 293 g/mol. The quantitative estimate of drug-likeness (QED) is 0.437. The van der Waals surface area contributed by atoms with Gasteiger partial charge in [0, 0.05) is 11.3 Å². The van der Waals surface area contributed by atoms with Gasteiger partial charge in [0.05, 0.1) is 12.5 Å². The lowest BCUT2D eigenvalue weighted by Crippen LogP contribution is -2.38. The monoisotopic (exact) mass is 293 g/mol. The molecule has 0 aliphatic rings. The third-order valence-electron chi connectivity index (χ3n) is 3.11. The van der Waals surface area contributed by atoms with E-state index in [-0.39, 0.29) is 18.8 Å². The summed E-state index contributed by atoms with van der Waals surface area (Å²) in [6.45, 7) is 4.84. The molecule has 1 aromatic carbocycles. The van der Waals surface area contributed by atoms with Crippen molar-refractivity contribution in [3.63, 3.8) is 0 Å². The van der Waals surface area contributed by atoms with E-state index in [0.717, 1.165) is 5.56 Å². The van der Waals surface area contributed by atoms with Gasteiger partial charge in [-0.2, -0.15) is 0 Å². The molecule has 0 heterocycles. The third-order valence-corrected chi connectivity index (χ3v) is 3.11. The average Bonchev–Trinajstić information content (AvgIpc) is 2.37. The van der Waals surface area contributed by atoms with Crippen LogP contribution in [0.15, 0.2) is 24.3 Å². The molecule has 2 atom stereocenters. The number of esters is 1. The highest BCUT2D eigenvalue weighted by molar-refractivity contribution is 5.80. The van der Waals surface area contributed by atoms with Crippen LogP contribution < -0.4 is 0 Å². The molecular formula is C15H19NO5. The van der Waals surface area contributed by atoms with Gasteiger partial charge in [0.25, 0.3) is 0 Å². The minimum absolute atomic E-state index is 0.0593. The van der Waals surface area contributed by atoms with E-state index in [2.05, 4.69) is 0 Å². The summed E-state index contributed by atoms with van der Waals surface area (Å²) in [6, 6.07) is 5.47. The second-order valence-corrected chi connectivity index (χ2v) is 4.91. The highest BCUT2D eigenvalue weighted by Crippen LogP contribution is 2.27. The molecule has 0 aliphatic heterocycles. The second kappa shape index (κ2) is 7.52. The zero-order valence-corrected chi connectivity index (χ0v) is 12.4. The third kappa shape index (κ3) is 4.66. The molecule has 114 valence electrons. The van der Waals surface area contributed by atoms with Gasteiger partial charge in [-0.1, -0.05) is 29.8 Å².